The van der Waals surface area contributed by atoms with Crippen LogP contribution in [0, 0.1) is 0 Å². The summed E-state index contributed by atoms with van der Waals surface area (Å²) >= 11 is 5.43. The van der Waals surface area contributed by atoms with E-state index in [4.69, 9.17) is 0 Å². The molecule has 0 aromatic carbocycles. The minimum atomic E-state index is 1.09. The maximum atomic E-state index is 4.32. The number of nitrogens with one attached hydrogen (secondary N) is 1. The van der Waals surface area contributed by atoms with Gasteiger partial charge in [-0.2, -0.15) is 5.10 Å². The minimum Gasteiger partial charge on any atom is -0.275 e. The number of aromatic nitrogens is 2. The molecule has 3 rings (SSSR count). The first-order valence-corrected chi connectivity index (χ1v) is 7.31. The quantitative estimate of drug-likeness (QED) is 0.774. The Labute approximate surface area is 94.5 Å². The van der Waals surface area contributed by atoms with Gasteiger partial charge < -0.3 is 0 Å². The molecule has 0 radical (unpaired) electrons. The predicted molar refractivity (Wildman–Crippen MR) is 63.2 cm³/mol. The SMILES string of the molecule is CSc1n[nH]c2c1SCc1sccc1-2. The number of aromatic amines is 1. The van der Waals surface area contributed by atoms with Crippen LogP contribution in [0.15, 0.2) is 21.4 Å². The summed E-state index contributed by atoms with van der Waals surface area (Å²) in [5.41, 5.74) is 2.55. The van der Waals surface area contributed by atoms with Gasteiger partial charge in [-0.15, -0.1) is 34.9 Å². The number of hydrogen-bond donors (Lipinski definition) is 1. The molecule has 0 aliphatic carbocycles. The van der Waals surface area contributed by atoms with Crippen molar-refractivity contribution in [3.8, 4) is 11.3 Å². The first kappa shape index (κ1) is 8.88. The lowest BCUT2D eigenvalue weighted by molar-refractivity contribution is 0.994. The molecule has 0 saturated carbocycles. The maximum absolute atomic E-state index is 4.32. The molecule has 72 valence electrons. The Hall–Kier alpha value is -0.390. The third-order valence-corrected chi connectivity index (χ3v) is 5.28. The van der Waals surface area contributed by atoms with Gasteiger partial charge in [0.1, 0.15) is 5.03 Å². The van der Waals surface area contributed by atoms with E-state index in [1.807, 2.05) is 23.1 Å². The fourth-order valence-corrected chi connectivity index (χ4v) is 4.45. The van der Waals surface area contributed by atoms with Gasteiger partial charge in [0.05, 0.1) is 10.6 Å². The molecule has 0 amide bonds. The van der Waals surface area contributed by atoms with Gasteiger partial charge in [0.15, 0.2) is 0 Å². The summed E-state index contributed by atoms with van der Waals surface area (Å²) in [7, 11) is 0. The van der Waals surface area contributed by atoms with E-state index in [9.17, 15) is 0 Å². The standard InChI is InChI=1S/C9H8N2S3/c1-12-9-8-7(10-11-9)5-2-3-13-6(5)4-14-8/h2-3H,4H2,1H3,(H,10,11). The lowest BCUT2D eigenvalue weighted by atomic mass is 10.2. The third-order valence-electron chi connectivity index (χ3n) is 2.25. The molecule has 2 aromatic rings. The van der Waals surface area contributed by atoms with Gasteiger partial charge in [0.25, 0.3) is 0 Å². The monoisotopic (exact) mass is 240 g/mol. The van der Waals surface area contributed by atoms with Crippen LogP contribution >= 0.6 is 34.9 Å². The number of hydrogen-bond acceptors (Lipinski definition) is 4. The molecule has 1 N–H and O–H groups in total. The number of H-pyrrole nitrogens is 1. The topological polar surface area (TPSA) is 28.7 Å². The smallest absolute Gasteiger partial charge is 0.132 e. The van der Waals surface area contributed by atoms with Crippen molar-refractivity contribution >= 4 is 34.9 Å². The Morgan fingerprint density at radius 3 is 3.36 bits per heavy atom. The van der Waals surface area contributed by atoms with Crippen molar-refractivity contribution < 1.29 is 0 Å². The number of nitrogens with zero attached hydrogens (tertiary/aromatic N) is 1. The average molecular weight is 240 g/mol. The van der Waals surface area contributed by atoms with Crippen LogP contribution in [0.5, 0.6) is 0 Å². The van der Waals surface area contributed by atoms with Crippen molar-refractivity contribution in [3.05, 3.63) is 16.3 Å². The molecule has 0 saturated heterocycles. The first-order valence-electron chi connectivity index (χ1n) is 4.22. The van der Waals surface area contributed by atoms with Crippen LogP contribution in [0.25, 0.3) is 11.3 Å². The van der Waals surface area contributed by atoms with Crippen LogP contribution < -0.4 is 0 Å². The summed E-state index contributed by atoms with van der Waals surface area (Å²) in [6.45, 7) is 0. The molecule has 3 heterocycles. The van der Waals surface area contributed by atoms with Gasteiger partial charge in [0, 0.05) is 16.2 Å². The molecule has 0 unspecified atom stereocenters. The van der Waals surface area contributed by atoms with Gasteiger partial charge in [-0.05, 0) is 17.7 Å². The molecule has 14 heavy (non-hydrogen) atoms. The minimum absolute atomic E-state index is 1.09. The summed E-state index contributed by atoms with van der Waals surface area (Å²) in [5.74, 6) is 1.09. The molecule has 0 atom stereocenters. The molecule has 1 aliphatic rings. The van der Waals surface area contributed by atoms with E-state index in [0.717, 1.165) is 10.8 Å². The zero-order valence-electron chi connectivity index (χ0n) is 7.53. The summed E-state index contributed by atoms with van der Waals surface area (Å²) in [4.78, 5) is 2.78. The van der Waals surface area contributed by atoms with Gasteiger partial charge >= 0.3 is 0 Å². The molecule has 0 fully saturated rings. The Balaban J connectivity index is 2.22. The summed E-state index contributed by atoms with van der Waals surface area (Å²) in [5, 5.41) is 10.7. The van der Waals surface area contributed by atoms with Crippen LogP contribution in [0.2, 0.25) is 0 Å². The summed E-state index contributed by atoms with van der Waals surface area (Å²) in [6.07, 6.45) is 2.07. The molecule has 0 bridgehead atoms. The maximum Gasteiger partial charge on any atom is 0.132 e. The van der Waals surface area contributed by atoms with Crippen molar-refractivity contribution in [2.24, 2.45) is 0 Å². The number of thiophene rings is 1. The molecule has 5 heteroatoms. The lowest BCUT2D eigenvalue weighted by Crippen LogP contribution is -1.89. The van der Waals surface area contributed by atoms with Crippen LogP contribution in [0.4, 0.5) is 0 Å². The van der Waals surface area contributed by atoms with Crippen LogP contribution in [0.3, 0.4) is 0 Å². The van der Waals surface area contributed by atoms with Gasteiger partial charge in [-0.25, -0.2) is 0 Å². The van der Waals surface area contributed by atoms with E-state index in [1.54, 1.807) is 11.8 Å². The second kappa shape index (κ2) is 3.32. The molecule has 1 aliphatic heterocycles. The van der Waals surface area contributed by atoms with Crippen molar-refractivity contribution in [1.29, 1.82) is 0 Å². The number of rotatable bonds is 1. The van der Waals surface area contributed by atoms with Crippen molar-refractivity contribution in [2.75, 3.05) is 6.26 Å². The Morgan fingerprint density at radius 1 is 1.57 bits per heavy atom. The third kappa shape index (κ3) is 1.16. The molecule has 2 nitrogen and oxygen atoms in total. The lowest BCUT2D eigenvalue weighted by Gasteiger charge is -2.10. The second-order valence-corrected chi connectivity index (χ2v) is 5.76. The summed E-state index contributed by atoms with van der Waals surface area (Å²) < 4.78 is 0. The van der Waals surface area contributed by atoms with Crippen molar-refractivity contribution in [2.45, 2.75) is 15.7 Å². The molecular formula is C9H8N2S3. The van der Waals surface area contributed by atoms with Crippen LogP contribution in [0.1, 0.15) is 4.88 Å². The van der Waals surface area contributed by atoms with Gasteiger partial charge in [-0.1, -0.05) is 0 Å². The van der Waals surface area contributed by atoms with E-state index < -0.39 is 0 Å². The van der Waals surface area contributed by atoms with Crippen molar-refractivity contribution in [3.63, 3.8) is 0 Å². The van der Waals surface area contributed by atoms with E-state index in [1.165, 1.54) is 21.0 Å². The molecule has 2 aromatic heterocycles. The number of thioether (sulfide) groups is 2. The Morgan fingerprint density at radius 2 is 2.50 bits per heavy atom. The Kier molecular flexibility index (Phi) is 2.11. The van der Waals surface area contributed by atoms with Gasteiger partial charge in [0.2, 0.25) is 0 Å². The van der Waals surface area contributed by atoms with Crippen molar-refractivity contribution in [1.82, 2.24) is 10.2 Å². The molecule has 0 spiro atoms. The highest BCUT2D eigenvalue weighted by atomic mass is 32.2. The first-order chi connectivity index (χ1) is 6.90. The fourth-order valence-electron chi connectivity index (χ4n) is 1.58. The largest absolute Gasteiger partial charge is 0.275 e. The Bertz CT molecular complexity index is 472. The van der Waals surface area contributed by atoms with Gasteiger partial charge in [-0.3, -0.25) is 5.10 Å². The highest BCUT2D eigenvalue weighted by Gasteiger charge is 2.22. The highest BCUT2D eigenvalue weighted by Crippen LogP contribution is 2.45. The summed E-state index contributed by atoms with van der Waals surface area (Å²) in [6, 6.07) is 2.18. The second-order valence-electron chi connectivity index (χ2n) is 2.98. The zero-order valence-corrected chi connectivity index (χ0v) is 9.98. The highest BCUT2D eigenvalue weighted by molar-refractivity contribution is 8.01. The van der Waals surface area contributed by atoms with E-state index in [0.29, 0.717) is 0 Å². The van der Waals surface area contributed by atoms with E-state index >= 15 is 0 Å². The van der Waals surface area contributed by atoms with E-state index in [2.05, 4.69) is 27.9 Å². The average Bonchev–Trinajstić information content (AvgIpc) is 2.82. The van der Waals surface area contributed by atoms with E-state index in [-0.39, 0.29) is 0 Å². The normalized spacial score (nSPS) is 13.8. The fraction of sp³-hybridized carbons (Fsp3) is 0.222. The predicted octanol–water partition coefficient (Wildman–Crippen LogP) is 3.47. The zero-order chi connectivity index (χ0) is 9.54. The number of fused-ring (bicyclic) bond motifs is 3. The molecular weight excluding hydrogens is 232 g/mol. The van der Waals surface area contributed by atoms with Crippen LogP contribution in [-0.2, 0) is 5.75 Å². The van der Waals surface area contributed by atoms with Crippen LogP contribution in [-0.4, -0.2) is 16.5 Å².